The molecule has 0 spiro atoms. The first-order valence-electron chi connectivity index (χ1n) is 8.91. The minimum absolute atomic E-state index is 0.0824. The first-order valence-corrected chi connectivity index (χ1v) is 9.32. The minimum Gasteiger partial charge on any atom is -0.484 e. The number of amides is 2. The molecule has 0 bridgehead atoms. The zero-order chi connectivity index (χ0) is 21.9. The summed E-state index contributed by atoms with van der Waals surface area (Å²) in [4.78, 5) is 33.9. The maximum absolute atomic E-state index is 11.9. The minimum atomic E-state index is -0.569. The molecule has 0 heterocycles. The van der Waals surface area contributed by atoms with Crippen LogP contribution in [0, 0.1) is 10.1 Å². The van der Waals surface area contributed by atoms with E-state index in [9.17, 15) is 19.7 Å². The maximum Gasteiger partial charge on any atom is 0.276 e. The number of carbonyl (C=O) groups is 2. The fraction of sp³-hybridized carbons (Fsp3) is 0.150. The molecule has 2 aromatic carbocycles. The summed E-state index contributed by atoms with van der Waals surface area (Å²) >= 11 is 4.92. The lowest BCUT2D eigenvalue weighted by Gasteiger charge is -2.10. The summed E-state index contributed by atoms with van der Waals surface area (Å²) in [7, 11) is 0. The van der Waals surface area contributed by atoms with E-state index in [4.69, 9.17) is 17.0 Å². The van der Waals surface area contributed by atoms with Crippen LogP contribution in [0.15, 0.2) is 54.6 Å². The fourth-order valence-electron chi connectivity index (χ4n) is 2.23. The number of nitrogens with one attached hydrogen (secondary N) is 3. The van der Waals surface area contributed by atoms with Gasteiger partial charge in [-0.15, -0.1) is 0 Å². The van der Waals surface area contributed by atoms with Crippen molar-refractivity contribution in [3.05, 3.63) is 75.8 Å². The Bertz CT molecular complexity index is 960. The lowest BCUT2D eigenvalue weighted by atomic mass is 10.2. The number of nitrogens with zero attached hydrogens (tertiary/aromatic N) is 1. The number of hydrogen-bond donors (Lipinski definition) is 3. The Morgan fingerprint density at radius 1 is 1.17 bits per heavy atom. The smallest absolute Gasteiger partial charge is 0.276 e. The van der Waals surface area contributed by atoms with Crippen LogP contribution in [0.3, 0.4) is 0 Å². The van der Waals surface area contributed by atoms with Gasteiger partial charge in [-0.25, -0.2) is 0 Å². The first kappa shape index (κ1) is 22.5. The SMILES string of the molecule is CCc1ccc(OCC(=O)NNC(=S)NC(=O)/C=C/c2cccc([N+](=O)[O-])c2)cc1. The molecule has 0 atom stereocenters. The van der Waals surface area contributed by atoms with Gasteiger partial charge < -0.3 is 4.74 Å². The summed E-state index contributed by atoms with van der Waals surface area (Å²) in [6.45, 7) is 1.81. The second-order valence-electron chi connectivity index (χ2n) is 5.96. The summed E-state index contributed by atoms with van der Waals surface area (Å²) < 4.78 is 5.35. The van der Waals surface area contributed by atoms with Gasteiger partial charge in [-0.1, -0.05) is 31.2 Å². The number of benzene rings is 2. The summed E-state index contributed by atoms with van der Waals surface area (Å²) in [5, 5.41) is 13.0. The molecule has 0 saturated heterocycles. The lowest BCUT2D eigenvalue weighted by Crippen LogP contribution is -2.49. The Balaban J connectivity index is 1.72. The van der Waals surface area contributed by atoms with Gasteiger partial charge in [0, 0.05) is 18.2 Å². The summed E-state index contributed by atoms with van der Waals surface area (Å²) in [5.41, 5.74) is 6.25. The Morgan fingerprint density at radius 2 is 1.90 bits per heavy atom. The van der Waals surface area contributed by atoms with Crippen molar-refractivity contribution in [3.63, 3.8) is 0 Å². The van der Waals surface area contributed by atoms with Crippen molar-refractivity contribution in [2.24, 2.45) is 0 Å². The molecule has 0 unspecified atom stereocenters. The highest BCUT2D eigenvalue weighted by Gasteiger charge is 2.06. The monoisotopic (exact) mass is 428 g/mol. The van der Waals surface area contributed by atoms with Gasteiger partial charge in [0.1, 0.15) is 5.75 Å². The highest BCUT2D eigenvalue weighted by molar-refractivity contribution is 7.80. The third kappa shape index (κ3) is 7.68. The predicted octanol–water partition coefficient (Wildman–Crippen LogP) is 2.27. The topological polar surface area (TPSA) is 123 Å². The molecular formula is C20H20N4O5S. The highest BCUT2D eigenvalue weighted by Crippen LogP contribution is 2.14. The average Bonchev–Trinajstić information content (AvgIpc) is 2.75. The van der Waals surface area contributed by atoms with Crippen molar-refractivity contribution in [1.29, 1.82) is 0 Å². The number of thiocarbonyl (C=S) groups is 1. The van der Waals surface area contributed by atoms with Crippen molar-refractivity contribution < 1.29 is 19.2 Å². The van der Waals surface area contributed by atoms with E-state index in [0.29, 0.717) is 11.3 Å². The van der Waals surface area contributed by atoms with E-state index in [-0.39, 0.29) is 17.4 Å². The second-order valence-corrected chi connectivity index (χ2v) is 6.37. The number of hydrazine groups is 1. The van der Waals surface area contributed by atoms with Crippen molar-refractivity contribution in [2.45, 2.75) is 13.3 Å². The van der Waals surface area contributed by atoms with E-state index in [1.165, 1.54) is 24.3 Å². The van der Waals surface area contributed by atoms with Gasteiger partial charge in [0.2, 0.25) is 5.91 Å². The molecule has 30 heavy (non-hydrogen) atoms. The van der Waals surface area contributed by atoms with E-state index >= 15 is 0 Å². The molecule has 2 rings (SSSR count). The molecule has 9 nitrogen and oxygen atoms in total. The number of carbonyl (C=O) groups excluding carboxylic acids is 2. The molecule has 0 aliphatic heterocycles. The van der Waals surface area contributed by atoms with Gasteiger partial charge in [0.15, 0.2) is 11.7 Å². The standard InChI is InChI=1S/C20H20N4O5S/c1-2-14-6-9-17(10-7-14)29-13-19(26)22-23-20(30)21-18(25)11-8-15-4-3-5-16(12-15)24(27)28/h3-12H,2,13H2,1H3,(H,22,26)(H2,21,23,25,30)/b11-8+. The van der Waals surface area contributed by atoms with Gasteiger partial charge in [-0.3, -0.25) is 35.9 Å². The largest absolute Gasteiger partial charge is 0.484 e. The highest BCUT2D eigenvalue weighted by atomic mass is 32.1. The number of aryl methyl sites for hydroxylation is 1. The summed E-state index contributed by atoms with van der Waals surface area (Å²) in [6.07, 6.45) is 3.48. The third-order valence-electron chi connectivity index (χ3n) is 3.76. The van der Waals surface area contributed by atoms with Crippen LogP contribution in [-0.2, 0) is 16.0 Å². The van der Waals surface area contributed by atoms with Crippen LogP contribution in [0.5, 0.6) is 5.75 Å². The number of hydrogen-bond acceptors (Lipinski definition) is 6. The maximum atomic E-state index is 11.9. The Hall–Kier alpha value is -3.79. The number of non-ortho nitro benzene ring substituents is 1. The number of rotatable bonds is 7. The lowest BCUT2D eigenvalue weighted by molar-refractivity contribution is -0.384. The van der Waals surface area contributed by atoms with Gasteiger partial charge in [0.05, 0.1) is 4.92 Å². The fourth-order valence-corrected chi connectivity index (χ4v) is 2.38. The van der Waals surface area contributed by atoms with Crippen LogP contribution in [0.4, 0.5) is 5.69 Å². The number of ether oxygens (including phenoxy) is 1. The molecule has 2 aromatic rings. The normalized spacial score (nSPS) is 10.3. The van der Waals surface area contributed by atoms with Crippen molar-refractivity contribution >= 4 is 40.9 Å². The predicted molar refractivity (Wildman–Crippen MR) is 115 cm³/mol. The van der Waals surface area contributed by atoms with Crippen molar-refractivity contribution in [1.82, 2.24) is 16.2 Å². The summed E-state index contributed by atoms with van der Waals surface area (Å²) in [5.74, 6) is -0.497. The molecule has 3 N–H and O–H groups in total. The van der Waals surface area contributed by atoms with Gasteiger partial charge in [-0.05, 0) is 48.0 Å². The van der Waals surface area contributed by atoms with Crippen LogP contribution in [0.25, 0.3) is 6.08 Å². The molecule has 0 aliphatic rings. The van der Waals surface area contributed by atoms with Gasteiger partial charge >= 0.3 is 0 Å². The Kier molecular flexibility index (Phi) is 8.45. The molecule has 2 amide bonds. The molecule has 0 saturated carbocycles. The first-order chi connectivity index (χ1) is 14.4. The second kappa shape index (κ2) is 11.3. The van der Waals surface area contributed by atoms with Gasteiger partial charge in [-0.2, -0.15) is 0 Å². The molecule has 0 aromatic heterocycles. The molecular weight excluding hydrogens is 408 g/mol. The molecule has 0 fully saturated rings. The zero-order valence-electron chi connectivity index (χ0n) is 16.1. The number of nitro benzene ring substituents is 1. The Labute approximate surface area is 178 Å². The number of nitro groups is 1. The van der Waals surface area contributed by atoms with E-state index in [1.807, 2.05) is 19.1 Å². The van der Waals surface area contributed by atoms with Crippen LogP contribution in [0.2, 0.25) is 0 Å². The van der Waals surface area contributed by atoms with E-state index in [0.717, 1.165) is 18.1 Å². The van der Waals surface area contributed by atoms with Crippen LogP contribution >= 0.6 is 12.2 Å². The van der Waals surface area contributed by atoms with Crippen molar-refractivity contribution in [2.75, 3.05) is 6.61 Å². The van der Waals surface area contributed by atoms with Gasteiger partial charge in [0.25, 0.3) is 11.6 Å². The molecule has 10 heteroatoms. The summed E-state index contributed by atoms with van der Waals surface area (Å²) in [6, 6.07) is 13.2. The van der Waals surface area contributed by atoms with Crippen LogP contribution in [-0.4, -0.2) is 28.5 Å². The molecule has 0 aliphatic carbocycles. The van der Waals surface area contributed by atoms with Crippen molar-refractivity contribution in [3.8, 4) is 5.75 Å². The van der Waals surface area contributed by atoms with E-state index < -0.39 is 16.7 Å². The Morgan fingerprint density at radius 3 is 2.57 bits per heavy atom. The zero-order valence-corrected chi connectivity index (χ0v) is 16.9. The molecule has 156 valence electrons. The van der Waals surface area contributed by atoms with E-state index in [1.54, 1.807) is 18.2 Å². The quantitative estimate of drug-likeness (QED) is 0.268. The van der Waals surface area contributed by atoms with Crippen LogP contribution in [0.1, 0.15) is 18.1 Å². The third-order valence-corrected chi connectivity index (χ3v) is 3.97. The average molecular weight is 428 g/mol. The van der Waals surface area contributed by atoms with Crippen LogP contribution < -0.4 is 20.9 Å². The van der Waals surface area contributed by atoms with E-state index in [2.05, 4.69) is 16.2 Å². The molecule has 0 radical (unpaired) electrons.